The molecule has 1 atom stereocenters. The highest BCUT2D eigenvalue weighted by atomic mass is 16.7. The van der Waals surface area contributed by atoms with Gasteiger partial charge in [-0.05, 0) is 32.4 Å². The molecule has 0 radical (unpaired) electrons. The number of rotatable bonds is 3. The number of ether oxygens (including phenoxy) is 2. The van der Waals surface area contributed by atoms with Crippen molar-refractivity contribution < 1.29 is 9.47 Å². The number of nitrogens with zero attached hydrogens (tertiary/aromatic N) is 1. The Balaban J connectivity index is 1.60. The highest BCUT2D eigenvalue weighted by Crippen LogP contribution is 2.12. The van der Waals surface area contributed by atoms with E-state index in [9.17, 15) is 0 Å². The highest BCUT2D eigenvalue weighted by molar-refractivity contribution is 4.69. The van der Waals surface area contributed by atoms with Crippen molar-refractivity contribution in [3.05, 3.63) is 0 Å². The number of hydrogen-bond donors (Lipinski definition) is 0. The summed E-state index contributed by atoms with van der Waals surface area (Å²) in [7, 11) is 0. The second-order valence-corrected chi connectivity index (χ2v) is 3.61. The van der Waals surface area contributed by atoms with Crippen LogP contribution in [0.4, 0.5) is 0 Å². The van der Waals surface area contributed by atoms with Crippen LogP contribution < -0.4 is 0 Å². The summed E-state index contributed by atoms with van der Waals surface area (Å²) in [6.45, 7) is 5.06. The topological polar surface area (TPSA) is 21.7 Å². The minimum Gasteiger partial charge on any atom is -0.353 e. The molecule has 2 heterocycles. The molecule has 0 aromatic rings. The van der Waals surface area contributed by atoms with Crippen molar-refractivity contribution in [2.75, 3.05) is 33.0 Å². The van der Waals surface area contributed by atoms with Crippen LogP contribution in [-0.2, 0) is 9.47 Å². The van der Waals surface area contributed by atoms with Gasteiger partial charge in [0.1, 0.15) is 6.79 Å². The quantitative estimate of drug-likeness (QED) is 0.628. The molecule has 1 unspecified atom stereocenters. The Bertz CT molecular complexity index is 112. The van der Waals surface area contributed by atoms with Gasteiger partial charge in [0.05, 0.1) is 12.7 Å². The summed E-state index contributed by atoms with van der Waals surface area (Å²) in [5.74, 6) is 0. The smallest absolute Gasteiger partial charge is 0.147 e. The molecule has 3 heteroatoms. The molecular formula is C9H17NO2. The zero-order valence-electron chi connectivity index (χ0n) is 7.50. The molecule has 0 amide bonds. The molecule has 12 heavy (non-hydrogen) atoms. The molecule has 0 aromatic heterocycles. The normalized spacial score (nSPS) is 31.5. The van der Waals surface area contributed by atoms with Crippen molar-refractivity contribution in [1.82, 2.24) is 4.90 Å². The van der Waals surface area contributed by atoms with Crippen LogP contribution in [0.5, 0.6) is 0 Å². The first-order chi connectivity index (χ1) is 5.95. The summed E-state index contributed by atoms with van der Waals surface area (Å²) in [4.78, 5) is 2.52. The first-order valence-electron chi connectivity index (χ1n) is 4.87. The van der Waals surface area contributed by atoms with E-state index in [1.165, 1.54) is 32.5 Å². The zero-order chi connectivity index (χ0) is 8.23. The lowest BCUT2D eigenvalue weighted by Gasteiger charge is -2.15. The SMILES string of the molecule is C1CCN(CCC2COCO2)C1. The number of likely N-dealkylation sites (tertiary alicyclic amines) is 1. The van der Waals surface area contributed by atoms with Gasteiger partial charge >= 0.3 is 0 Å². The van der Waals surface area contributed by atoms with E-state index >= 15 is 0 Å². The Morgan fingerprint density at radius 2 is 2.08 bits per heavy atom. The van der Waals surface area contributed by atoms with Crippen molar-refractivity contribution in [2.45, 2.75) is 25.4 Å². The molecule has 2 fully saturated rings. The average Bonchev–Trinajstić information content (AvgIpc) is 2.74. The van der Waals surface area contributed by atoms with Gasteiger partial charge in [-0.2, -0.15) is 0 Å². The molecule has 0 N–H and O–H groups in total. The standard InChI is InChI=1S/C9H17NO2/c1-2-5-10(4-1)6-3-9-7-11-8-12-9/h9H,1-8H2. The molecule has 0 spiro atoms. The van der Waals surface area contributed by atoms with Crippen molar-refractivity contribution in [3.63, 3.8) is 0 Å². The molecule has 0 saturated carbocycles. The van der Waals surface area contributed by atoms with Gasteiger partial charge in [0.2, 0.25) is 0 Å². The third-order valence-electron chi connectivity index (χ3n) is 2.66. The van der Waals surface area contributed by atoms with Crippen molar-refractivity contribution in [1.29, 1.82) is 0 Å². The minimum absolute atomic E-state index is 0.366. The molecular weight excluding hydrogens is 154 g/mol. The molecule has 2 rings (SSSR count). The summed E-state index contributed by atoms with van der Waals surface area (Å²) < 4.78 is 10.5. The van der Waals surface area contributed by atoms with E-state index in [0.29, 0.717) is 12.9 Å². The Morgan fingerprint density at radius 1 is 1.25 bits per heavy atom. The second kappa shape index (κ2) is 4.21. The summed E-state index contributed by atoms with van der Waals surface area (Å²) in [5.41, 5.74) is 0. The van der Waals surface area contributed by atoms with Gasteiger partial charge in [-0.25, -0.2) is 0 Å². The molecule has 3 nitrogen and oxygen atoms in total. The van der Waals surface area contributed by atoms with Gasteiger partial charge in [0.25, 0.3) is 0 Å². The largest absolute Gasteiger partial charge is 0.353 e. The lowest BCUT2D eigenvalue weighted by atomic mass is 10.2. The fourth-order valence-electron chi connectivity index (χ4n) is 1.87. The predicted octanol–water partition coefficient (Wildman–Crippen LogP) is 0.845. The summed E-state index contributed by atoms with van der Waals surface area (Å²) in [6.07, 6.45) is 4.26. The minimum atomic E-state index is 0.366. The van der Waals surface area contributed by atoms with Gasteiger partial charge in [0.15, 0.2) is 0 Å². The second-order valence-electron chi connectivity index (χ2n) is 3.61. The molecule has 0 bridgehead atoms. The first-order valence-corrected chi connectivity index (χ1v) is 4.87. The summed E-state index contributed by atoms with van der Waals surface area (Å²) >= 11 is 0. The molecule has 2 saturated heterocycles. The monoisotopic (exact) mass is 171 g/mol. The average molecular weight is 171 g/mol. The maximum atomic E-state index is 5.36. The Morgan fingerprint density at radius 3 is 2.75 bits per heavy atom. The van der Waals surface area contributed by atoms with E-state index in [1.54, 1.807) is 0 Å². The van der Waals surface area contributed by atoms with E-state index in [4.69, 9.17) is 9.47 Å². The van der Waals surface area contributed by atoms with E-state index < -0.39 is 0 Å². The van der Waals surface area contributed by atoms with Crippen LogP contribution in [-0.4, -0.2) is 44.0 Å². The first kappa shape index (κ1) is 8.48. The van der Waals surface area contributed by atoms with Gasteiger partial charge in [-0.1, -0.05) is 0 Å². The van der Waals surface area contributed by atoms with Crippen molar-refractivity contribution >= 4 is 0 Å². The maximum absolute atomic E-state index is 5.36. The van der Waals surface area contributed by atoms with Crippen LogP contribution >= 0.6 is 0 Å². The van der Waals surface area contributed by atoms with Gasteiger partial charge in [-0.15, -0.1) is 0 Å². The zero-order valence-corrected chi connectivity index (χ0v) is 7.50. The summed E-state index contributed by atoms with van der Waals surface area (Å²) in [6, 6.07) is 0. The van der Waals surface area contributed by atoms with Crippen LogP contribution in [0.15, 0.2) is 0 Å². The lowest BCUT2D eigenvalue weighted by molar-refractivity contribution is 0.0423. The molecule has 0 aliphatic carbocycles. The van der Waals surface area contributed by atoms with Crippen molar-refractivity contribution in [2.24, 2.45) is 0 Å². The molecule has 2 aliphatic rings. The van der Waals surface area contributed by atoms with Crippen LogP contribution in [0.2, 0.25) is 0 Å². The predicted molar refractivity (Wildman–Crippen MR) is 46.0 cm³/mol. The molecule has 2 aliphatic heterocycles. The Kier molecular flexibility index (Phi) is 2.98. The lowest BCUT2D eigenvalue weighted by Crippen LogP contribution is -2.25. The third-order valence-corrected chi connectivity index (χ3v) is 2.66. The molecule has 0 aromatic carbocycles. The van der Waals surface area contributed by atoms with Crippen LogP contribution in [0.3, 0.4) is 0 Å². The van der Waals surface area contributed by atoms with Crippen LogP contribution in [0, 0.1) is 0 Å². The van der Waals surface area contributed by atoms with Gasteiger partial charge in [-0.3, -0.25) is 0 Å². The number of hydrogen-bond acceptors (Lipinski definition) is 3. The van der Waals surface area contributed by atoms with E-state index in [-0.39, 0.29) is 0 Å². The van der Waals surface area contributed by atoms with Crippen LogP contribution in [0.1, 0.15) is 19.3 Å². The Hall–Kier alpha value is -0.120. The summed E-state index contributed by atoms with van der Waals surface area (Å²) in [5, 5.41) is 0. The fourth-order valence-corrected chi connectivity index (χ4v) is 1.87. The van der Waals surface area contributed by atoms with Gasteiger partial charge < -0.3 is 14.4 Å². The van der Waals surface area contributed by atoms with E-state index in [2.05, 4.69) is 4.90 Å². The third kappa shape index (κ3) is 2.19. The van der Waals surface area contributed by atoms with E-state index in [1.807, 2.05) is 0 Å². The van der Waals surface area contributed by atoms with Crippen LogP contribution in [0.25, 0.3) is 0 Å². The molecule has 70 valence electrons. The van der Waals surface area contributed by atoms with Gasteiger partial charge in [0, 0.05) is 6.54 Å². The maximum Gasteiger partial charge on any atom is 0.147 e. The van der Waals surface area contributed by atoms with Crippen molar-refractivity contribution in [3.8, 4) is 0 Å². The fraction of sp³-hybridized carbons (Fsp3) is 1.00. The Labute approximate surface area is 73.6 Å². The van der Waals surface area contributed by atoms with E-state index in [0.717, 1.165) is 13.0 Å². The highest BCUT2D eigenvalue weighted by Gasteiger charge is 2.18.